The van der Waals surface area contributed by atoms with Gasteiger partial charge in [0.15, 0.2) is 5.78 Å². The second-order valence-electron chi connectivity index (χ2n) is 7.83. The molecular formula is C27H20O3. The lowest BCUT2D eigenvalue weighted by molar-refractivity contribution is 0.0696. The summed E-state index contributed by atoms with van der Waals surface area (Å²) in [4.78, 5) is 24.2. The second-order valence-corrected chi connectivity index (χ2v) is 7.83. The molecule has 1 N–H and O–H groups in total. The molecule has 0 fully saturated rings. The molecule has 0 saturated carbocycles. The van der Waals surface area contributed by atoms with Crippen molar-refractivity contribution in [1.29, 1.82) is 0 Å². The Morgan fingerprint density at radius 3 is 2.27 bits per heavy atom. The molecule has 0 amide bonds. The first-order valence-corrected chi connectivity index (χ1v) is 10.1. The molecule has 4 aromatic carbocycles. The van der Waals surface area contributed by atoms with Crippen molar-refractivity contribution in [1.82, 2.24) is 0 Å². The highest BCUT2D eigenvalue weighted by Gasteiger charge is 2.32. The van der Waals surface area contributed by atoms with E-state index in [4.69, 9.17) is 5.11 Å². The first kappa shape index (κ1) is 18.3. The summed E-state index contributed by atoms with van der Waals surface area (Å²) in [5, 5.41) is 11.5. The van der Waals surface area contributed by atoms with E-state index in [1.54, 1.807) is 12.1 Å². The number of benzene rings is 4. The number of carbonyl (C=O) groups excluding carboxylic acids is 1. The summed E-state index contributed by atoms with van der Waals surface area (Å²) in [5.74, 6) is -0.883. The summed E-state index contributed by atoms with van der Waals surface area (Å²) in [7, 11) is 0. The monoisotopic (exact) mass is 392 g/mol. The Hall–Kier alpha value is -3.72. The third-order valence-electron chi connectivity index (χ3n) is 6.03. The number of carbonyl (C=O) groups is 2. The maximum Gasteiger partial charge on any atom is 0.335 e. The molecule has 3 heteroatoms. The highest BCUT2D eigenvalue weighted by Crippen LogP contribution is 2.38. The molecule has 0 radical (unpaired) electrons. The lowest BCUT2D eigenvalue weighted by atomic mass is 9.92. The molecule has 3 nitrogen and oxygen atoms in total. The number of fused-ring (bicyclic) bond motifs is 2. The van der Waals surface area contributed by atoms with Gasteiger partial charge in [-0.2, -0.15) is 0 Å². The van der Waals surface area contributed by atoms with Gasteiger partial charge in [-0.25, -0.2) is 4.79 Å². The first-order valence-electron chi connectivity index (χ1n) is 10.1. The molecule has 30 heavy (non-hydrogen) atoms. The summed E-state index contributed by atoms with van der Waals surface area (Å²) in [6.07, 6.45) is 1.32. The van der Waals surface area contributed by atoms with E-state index in [9.17, 15) is 9.59 Å². The molecule has 0 spiro atoms. The molecule has 1 unspecified atom stereocenters. The maximum absolute atomic E-state index is 13.1. The van der Waals surface area contributed by atoms with E-state index in [2.05, 4.69) is 36.4 Å². The van der Waals surface area contributed by atoms with Gasteiger partial charge < -0.3 is 5.11 Å². The van der Waals surface area contributed by atoms with Gasteiger partial charge in [-0.05, 0) is 58.0 Å². The second kappa shape index (κ2) is 7.27. The van der Waals surface area contributed by atoms with Gasteiger partial charge in [-0.1, -0.05) is 72.8 Å². The number of carboxylic acid groups (broad SMARTS) is 1. The molecular weight excluding hydrogens is 372 g/mol. The number of rotatable bonds is 4. The fraction of sp³-hybridized carbons (Fsp3) is 0.111. The Labute approximate surface area is 174 Å². The Bertz CT molecular complexity index is 1280. The SMILES string of the molecule is O=C(O)c1ccc(CC2Cc3c(cccc3-c3cccc4ccccc34)C2=O)cc1. The van der Waals surface area contributed by atoms with Crippen molar-refractivity contribution in [2.75, 3.05) is 0 Å². The largest absolute Gasteiger partial charge is 0.478 e. The van der Waals surface area contributed by atoms with Crippen LogP contribution in [-0.2, 0) is 12.8 Å². The normalized spacial score (nSPS) is 15.3. The summed E-state index contributed by atoms with van der Waals surface area (Å²) in [6.45, 7) is 0. The van der Waals surface area contributed by atoms with Crippen molar-refractivity contribution in [3.63, 3.8) is 0 Å². The van der Waals surface area contributed by atoms with Crippen LogP contribution >= 0.6 is 0 Å². The molecule has 0 aromatic heterocycles. The smallest absolute Gasteiger partial charge is 0.335 e. The van der Waals surface area contributed by atoms with Crippen molar-refractivity contribution in [3.05, 3.63) is 107 Å². The van der Waals surface area contributed by atoms with Crippen molar-refractivity contribution in [2.45, 2.75) is 12.8 Å². The third-order valence-corrected chi connectivity index (χ3v) is 6.03. The van der Waals surface area contributed by atoms with Gasteiger partial charge in [0.25, 0.3) is 0 Å². The van der Waals surface area contributed by atoms with Crippen LogP contribution in [0.1, 0.15) is 31.8 Å². The molecule has 146 valence electrons. The van der Waals surface area contributed by atoms with Gasteiger partial charge in [0.2, 0.25) is 0 Å². The average Bonchev–Trinajstić information content (AvgIpc) is 3.09. The number of carboxylic acids is 1. The number of hydrogen-bond donors (Lipinski definition) is 1. The topological polar surface area (TPSA) is 54.4 Å². The fourth-order valence-electron chi connectivity index (χ4n) is 4.54. The molecule has 1 atom stereocenters. The quantitative estimate of drug-likeness (QED) is 0.477. The minimum Gasteiger partial charge on any atom is -0.478 e. The highest BCUT2D eigenvalue weighted by atomic mass is 16.4. The zero-order valence-corrected chi connectivity index (χ0v) is 16.3. The van der Waals surface area contributed by atoms with Crippen LogP contribution in [0.3, 0.4) is 0 Å². The predicted molar refractivity (Wildman–Crippen MR) is 118 cm³/mol. The molecule has 1 aliphatic rings. The lowest BCUT2D eigenvalue weighted by Crippen LogP contribution is -2.12. The standard InChI is InChI=1S/C27H20O3/c28-26-20(15-17-11-13-19(14-12-17)27(29)30)16-25-23(9-4-10-24(25)26)22-8-3-6-18-5-1-2-7-21(18)22/h1-14,20H,15-16H2,(H,29,30). The van der Waals surface area contributed by atoms with Crippen LogP contribution < -0.4 is 0 Å². The molecule has 0 bridgehead atoms. The summed E-state index contributed by atoms with van der Waals surface area (Å²) in [5.41, 5.74) is 5.46. The van der Waals surface area contributed by atoms with Crippen molar-refractivity contribution in [3.8, 4) is 11.1 Å². The van der Waals surface area contributed by atoms with Crippen LogP contribution in [0.15, 0.2) is 84.9 Å². The van der Waals surface area contributed by atoms with E-state index in [1.165, 1.54) is 10.8 Å². The number of ketones is 1. The Kier molecular flexibility index (Phi) is 4.44. The molecule has 0 aliphatic heterocycles. The number of hydrogen-bond acceptors (Lipinski definition) is 2. The van der Waals surface area contributed by atoms with E-state index >= 15 is 0 Å². The molecule has 4 aromatic rings. The van der Waals surface area contributed by atoms with Crippen molar-refractivity contribution < 1.29 is 14.7 Å². The molecule has 1 aliphatic carbocycles. The maximum atomic E-state index is 13.1. The van der Waals surface area contributed by atoms with Gasteiger partial charge in [-0.15, -0.1) is 0 Å². The number of Topliss-reactive ketones (excluding diaryl/α,β-unsaturated/α-hetero) is 1. The van der Waals surface area contributed by atoms with Crippen LogP contribution in [0, 0.1) is 5.92 Å². The molecule has 0 heterocycles. The summed E-state index contributed by atoms with van der Waals surface area (Å²) in [6, 6.07) is 27.5. The van der Waals surface area contributed by atoms with Gasteiger partial charge >= 0.3 is 5.97 Å². The van der Waals surface area contributed by atoms with Crippen molar-refractivity contribution in [2.24, 2.45) is 5.92 Å². The van der Waals surface area contributed by atoms with Crippen LogP contribution in [-0.4, -0.2) is 16.9 Å². The van der Waals surface area contributed by atoms with Crippen LogP contribution in [0.5, 0.6) is 0 Å². The van der Waals surface area contributed by atoms with Crippen LogP contribution in [0.4, 0.5) is 0 Å². The number of aromatic carboxylic acids is 1. The average molecular weight is 392 g/mol. The third kappa shape index (κ3) is 3.09. The highest BCUT2D eigenvalue weighted by molar-refractivity contribution is 6.06. The molecule has 0 saturated heterocycles. The first-order chi connectivity index (χ1) is 14.6. The van der Waals surface area contributed by atoms with E-state index in [0.717, 1.165) is 27.8 Å². The summed E-state index contributed by atoms with van der Waals surface area (Å²) >= 11 is 0. The predicted octanol–water partition coefficient (Wildman–Crippen LogP) is 5.80. The van der Waals surface area contributed by atoms with Crippen LogP contribution in [0.2, 0.25) is 0 Å². The minimum absolute atomic E-state index is 0.119. The van der Waals surface area contributed by atoms with E-state index in [1.807, 2.05) is 36.4 Å². The van der Waals surface area contributed by atoms with Gasteiger partial charge in [-0.3, -0.25) is 4.79 Å². The lowest BCUT2D eigenvalue weighted by Gasteiger charge is -2.11. The van der Waals surface area contributed by atoms with Gasteiger partial charge in [0.05, 0.1) is 5.56 Å². The Morgan fingerprint density at radius 1 is 0.800 bits per heavy atom. The zero-order valence-electron chi connectivity index (χ0n) is 16.3. The van der Waals surface area contributed by atoms with Gasteiger partial charge in [0.1, 0.15) is 0 Å². The van der Waals surface area contributed by atoms with Crippen molar-refractivity contribution >= 4 is 22.5 Å². The fourth-order valence-corrected chi connectivity index (χ4v) is 4.54. The van der Waals surface area contributed by atoms with Crippen LogP contribution in [0.25, 0.3) is 21.9 Å². The summed E-state index contributed by atoms with van der Waals surface area (Å²) < 4.78 is 0. The van der Waals surface area contributed by atoms with E-state index < -0.39 is 5.97 Å². The Morgan fingerprint density at radius 2 is 1.47 bits per heavy atom. The van der Waals surface area contributed by atoms with E-state index in [-0.39, 0.29) is 17.3 Å². The Balaban J connectivity index is 1.50. The van der Waals surface area contributed by atoms with Gasteiger partial charge in [0, 0.05) is 11.5 Å². The zero-order chi connectivity index (χ0) is 20.7. The minimum atomic E-state index is -0.939. The van der Waals surface area contributed by atoms with E-state index in [0.29, 0.717) is 12.8 Å². The molecule has 5 rings (SSSR count).